The maximum Gasteiger partial charge on any atom is 0.242 e. The summed E-state index contributed by atoms with van der Waals surface area (Å²) in [5.74, 6) is -0.466. The number of nitrogens with one attached hydrogen (secondary N) is 1. The summed E-state index contributed by atoms with van der Waals surface area (Å²) in [5.41, 5.74) is 3.40. The van der Waals surface area contributed by atoms with Gasteiger partial charge in [0, 0.05) is 31.0 Å². The van der Waals surface area contributed by atoms with Crippen molar-refractivity contribution >= 4 is 43.5 Å². The van der Waals surface area contributed by atoms with Gasteiger partial charge in [0.2, 0.25) is 21.8 Å². The Morgan fingerprint density at radius 1 is 1.12 bits per heavy atom. The normalized spacial score (nSPS) is 12.2. The number of benzene rings is 2. The number of aryl methyl sites for hydroxylation is 1. The van der Waals surface area contributed by atoms with Crippen LogP contribution < -0.4 is 9.62 Å². The molecule has 0 saturated heterocycles. The summed E-state index contributed by atoms with van der Waals surface area (Å²) >= 11 is 3.43. The van der Waals surface area contributed by atoms with Gasteiger partial charge in [-0.15, -0.1) is 0 Å². The smallest absolute Gasteiger partial charge is 0.242 e. The number of amides is 2. The molecule has 0 heterocycles. The molecular weight excluding hydrogens is 506 g/mol. The summed E-state index contributed by atoms with van der Waals surface area (Å²) in [7, 11) is -1.99. The van der Waals surface area contributed by atoms with E-state index in [0.717, 1.165) is 21.2 Å². The van der Waals surface area contributed by atoms with Gasteiger partial charge in [0.05, 0.1) is 11.9 Å². The summed E-state index contributed by atoms with van der Waals surface area (Å²) < 4.78 is 27.2. The molecule has 0 saturated carbocycles. The standard InChI is InChI=1S/C24H32BrN3O4S/c1-17-9-6-12-22(18(17)2)28(33(5,31)32)14-8-13-23(29)27(19(3)24(30)26-4)16-20-10-7-11-21(25)15-20/h6-7,9-12,15,19H,8,13-14,16H2,1-5H3,(H,26,30). The number of hydrogen-bond acceptors (Lipinski definition) is 4. The van der Waals surface area contributed by atoms with Crippen LogP contribution in [0.3, 0.4) is 0 Å². The van der Waals surface area contributed by atoms with E-state index in [9.17, 15) is 18.0 Å². The number of halogens is 1. The summed E-state index contributed by atoms with van der Waals surface area (Å²) in [6.45, 7) is 5.96. The van der Waals surface area contributed by atoms with E-state index in [-0.39, 0.29) is 31.3 Å². The highest BCUT2D eigenvalue weighted by Crippen LogP contribution is 2.25. The average molecular weight is 539 g/mol. The molecule has 2 aromatic carbocycles. The second-order valence-corrected chi connectivity index (χ2v) is 10.9. The zero-order valence-electron chi connectivity index (χ0n) is 19.8. The molecule has 0 aliphatic rings. The van der Waals surface area contributed by atoms with Crippen molar-refractivity contribution in [2.24, 2.45) is 0 Å². The minimum atomic E-state index is -3.52. The molecule has 2 rings (SSSR count). The molecule has 0 spiro atoms. The molecule has 2 aromatic rings. The zero-order valence-corrected chi connectivity index (χ0v) is 22.2. The topological polar surface area (TPSA) is 86.8 Å². The first-order valence-corrected chi connectivity index (χ1v) is 13.4. The molecule has 33 heavy (non-hydrogen) atoms. The van der Waals surface area contributed by atoms with Crippen LogP contribution in [0.4, 0.5) is 5.69 Å². The molecule has 0 radical (unpaired) electrons. The van der Waals surface area contributed by atoms with Crippen molar-refractivity contribution in [2.45, 2.75) is 46.2 Å². The van der Waals surface area contributed by atoms with E-state index < -0.39 is 16.1 Å². The highest BCUT2D eigenvalue weighted by molar-refractivity contribution is 9.10. The van der Waals surface area contributed by atoms with Crippen molar-refractivity contribution < 1.29 is 18.0 Å². The fourth-order valence-corrected chi connectivity index (χ4v) is 5.07. The lowest BCUT2D eigenvalue weighted by atomic mass is 10.1. The molecular formula is C24H32BrN3O4S. The van der Waals surface area contributed by atoms with Crippen LogP contribution in [0, 0.1) is 13.8 Å². The predicted octanol–water partition coefficient (Wildman–Crippen LogP) is 3.78. The summed E-state index contributed by atoms with van der Waals surface area (Å²) in [6.07, 6.45) is 1.62. The van der Waals surface area contributed by atoms with E-state index in [4.69, 9.17) is 0 Å². The summed E-state index contributed by atoms with van der Waals surface area (Å²) in [6, 6.07) is 12.4. The van der Waals surface area contributed by atoms with Gasteiger partial charge in [-0.2, -0.15) is 0 Å². The van der Waals surface area contributed by atoms with Gasteiger partial charge in [0.15, 0.2) is 0 Å². The molecule has 2 amide bonds. The number of carbonyl (C=O) groups excluding carboxylic acids is 2. The maximum atomic E-state index is 13.1. The molecule has 0 fully saturated rings. The summed E-state index contributed by atoms with van der Waals surface area (Å²) in [4.78, 5) is 27.0. The zero-order chi connectivity index (χ0) is 24.8. The van der Waals surface area contributed by atoms with Gasteiger partial charge in [0.25, 0.3) is 0 Å². The number of anilines is 1. The number of rotatable bonds is 10. The fraction of sp³-hybridized carbons (Fsp3) is 0.417. The third-order valence-electron chi connectivity index (χ3n) is 5.65. The molecule has 0 aliphatic carbocycles. The predicted molar refractivity (Wildman–Crippen MR) is 136 cm³/mol. The lowest BCUT2D eigenvalue weighted by molar-refractivity contribution is -0.140. The number of likely N-dealkylation sites (N-methyl/N-ethyl adjacent to an activating group) is 1. The van der Waals surface area contributed by atoms with Gasteiger partial charge in [0.1, 0.15) is 6.04 Å². The van der Waals surface area contributed by atoms with Crippen molar-refractivity contribution in [3.8, 4) is 0 Å². The van der Waals surface area contributed by atoms with Crippen LogP contribution in [0.5, 0.6) is 0 Å². The van der Waals surface area contributed by atoms with Gasteiger partial charge in [-0.3, -0.25) is 13.9 Å². The molecule has 180 valence electrons. The monoisotopic (exact) mass is 537 g/mol. The highest BCUT2D eigenvalue weighted by atomic mass is 79.9. The van der Waals surface area contributed by atoms with Crippen molar-refractivity contribution in [3.05, 3.63) is 63.6 Å². The number of sulfonamides is 1. The number of carbonyl (C=O) groups is 2. The van der Waals surface area contributed by atoms with Crippen LogP contribution in [-0.2, 0) is 26.2 Å². The fourth-order valence-electron chi connectivity index (χ4n) is 3.61. The summed E-state index contributed by atoms with van der Waals surface area (Å²) in [5, 5.41) is 2.59. The lowest BCUT2D eigenvalue weighted by Crippen LogP contribution is -2.46. The first kappa shape index (κ1) is 26.9. The number of nitrogens with zero attached hydrogens (tertiary/aromatic N) is 2. The third-order valence-corrected chi connectivity index (χ3v) is 7.33. The molecule has 0 bridgehead atoms. The quantitative estimate of drug-likeness (QED) is 0.499. The van der Waals surface area contributed by atoms with Crippen LogP contribution in [0.2, 0.25) is 0 Å². The van der Waals surface area contributed by atoms with E-state index in [0.29, 0.717) is 12.1 Å². The largest absolute Gasteiger partial charge is 0.357 e. The lowest BCUT2D eigenvalue weighted by Gasteiger charge is -2.29. The van der Waals surface area contributed by atoms with E-state index in [1.807, 2.05) is 50.2 Å². The van der Waals surface area contributed by atoms with Crippen LogP contribution >= 0.6 is 15.9 Å². The molecule has 0 aliphatic heterocycles. The van der Waals surface area contributed by atoms with Crippen LogP contribution in [0.15, 0.2) is 46.9 Å². The highest BCUT2D eigenvalue weighted by Gasteiger charge is 2.26. The third kappa shape index (κ3) is 7.30. The van der Waals surface area contributed by atoms with Crippen molar-refractivity contribution in [2.75, 3.05) is 24.2 Å². The second kappa shape index (κ2) is 11.7. The molecule has 1 unspecified atom stereocenters. The Kier molecular flexibility index (Phi) is 9.48. The second-order valence-electron chi connectivity index (χ2n) is 8.10. The van der Waals surface area contributed by atoms with Gasteiger partial charge in [-0.05, 0) is 62.1 Å². The Hall–Kier alpha value is -2.39. The van der Waals surface area contributed by atoms with Gasteiger partial charge < -0.3 is 10.2 Å². The van der Waals surface area contributed by atoms with Gasteiger partial charge >= 0.3 is 0 Å². The first-order chi connectivity index (χ1) is 15.5. The van der Waals surface area contributed by atoms with Crippen LogP contribution in [0.1, 0.15) is 36.5 Å². The van der Waals surface area contributed by atoms with Crippen molar-refractivity contribution in [1.29, 1.82) is 0 Å². The Morgan fingerprint density at radius 3 is 2.39 bits per heavy atom. The van der Waals surface area contributed by atoms with Gasteiger partial charge in [-0.1, -0.05) is 40.2 Å². The Labute approximate surface area is 205 Å². The van der Waals surface area contributed by atoms with Crippen LogP contribution in [0.25, 0.3) is 0 Å². The molecule has 0 aromatic heterocycles. The minimum Gasteiger partial charge on any atom is -0.357 e. The van der Waals surface area contributed by atoms with E-state index in [1.54, 1.807) is 13.0 Å². The first-order valence-electron chi connectivity index (χ1n) is 10.7. The maximum absolute atomic E-state index is 13.1. The van der Waals surface area contributed by atoms with Crippen molar-refractivity contribution in [3.63, 3.8) is 0 Å². The Balaban J connectivity index is 2.18. The Morgan fingerprint density at radius 2 is 1.79 bits per heavy atom. The Bertz CT molecular complexity index is 1100. The van der Waals surface area contributed by atoms with E-state index in [2.05, 4.69) is 21.2 Å². The molecule has 7 nitrogen and oxygen atoms in total. The minimum absolute atomic E-state index is 0.117. The molecule has 1 N–H and O–H groups in total. The van der Waals surface area contributed by atoms with E-state index in [1.165, 1.54) is 22.5 Å². The average Bonchev–Trinajstić information content (AvgIpc) is 2.75. The van der Waals surface area contributed by atoms with Gasteiger partial charge in [-0.25, -0.2) is 8.42 Å². The van der Waals surface area contributed by atoms with E-state index >= 15 is 0 Å². The van der Waals surface area contributed by atoms with Crippen LogP contribution in [-0.4, -0.2) is 51.0 Å². The molecule has 9 heteroatoms. The van der Waals surface area contributed by atoms with Crippen molar-refractivity contribution in [1.82, 2.24) is 10.2 Å². The number of hydrogen-bond donors (Lipinski definition) is 1. The SMILES string of the molecule is CNC(=O)C(C)N(Cc1cccc(Br)c1)C(=O)CCCN(c1cccc(C)c1C)S(C)(=O)=O. The molecule has 1 atom stereocenters.